The van der Waals surface area contributed by atoms with Crippen LogP contribution in [0.25, 0.3) is 0 Å². The second-order valence-electron chi connectivity index (χ2n) is 8.20. The smallest absolute Gasteiger partial charge is 0.247 e. The maximum atomic E-state index is 13.7. The predicted molar refractivity (Wildman–Crippen MR) is 121 cm³/mol. The summed E-state index contributed by atoms with van der Waals surface area (Å²) in [4.78, 5) is 13.0. The Hall–Kier alpha value is -2.38. The number of benzene rings is 2. The molecule has 2 aromatic rings. The molecule has 6 nitrogen and oxygen atoms in total. The van der Waals surface area contributed by atoms with Crippen LogP contribution in [0.5, 0.6) is 5.75 Å². The molecule has 31 heavy (non-hydrogen) atoms. The molecule has 1 aliphatic rings. The third-order valence-corrected chi connectivity index (χ3v) is 7.78. The molecule has 0 unspecified atom stereocenters. The molecule has 168 valence electrons. The molecule has 2 aromatic carbocycles. The Morgan fingerprint density at radius 1 is 1.13 bits per heavy atom. The highest BCUT2D eigenvalue weighted by Crippen LogP contribution is 2.32. The quantitative estimate of drug-likeness (QED) is 0.662. The van der Waals surface area contributed by atoms with E-state index in [0.29, 0.717) is 5.75 Å². The molecule has 1 fully saturated rings. The molecule has 3 rings (SSSR count). The van der Waals surface area contributed by atoms with Crippen molar-refractivity contribution in [2.75, 3.05) is 13.7 Å². The van der Waals surface area contributed by atoms with Crippen LogP contribution < -0.4 is 10.1 Å². The highest BCUT2D eigenvalue weighted by Gasteiger charge is 2.36. The minimum atomic E-state index is -3.91. The first-order valence-electron chi connectivity index (χ1n) is 10.8. The van der Waals surface area contributed by atoms with E-state index in [1.165, 1.54) is 11.4 Å². The van der Waals surface area contributed by atoms with Crippen molar-refractivity contribution in [3.8, 4) is 5.75 Å². The van der Waals surface area contributed by atoms with Crippen LogP contribution in [0.15, 0.2) is 53.4 Å². The number of carbonyl (C=O) groups is 1. The van der Waals surface area contributed by atoms with Crippen LogP contribution >= 0.6 is 0 Å². The number of methoxy groups -OCH3 is 1. The lowest BCUT2D eigenvalue weighted by atomic mass is 9.95. The lowest BCUT2D eigenvalue weighted by Gasteiger charge is -2.33. The number of ether oxygens (including phenoxy) is 1. The van der Waals surface area contributed by atoms with E-state index in [9.17, 15) is 13.2 Å². The summed E-state index contributed by atoms with van der Waals surface area (Å²) in [6, 6.07) is 14.3. The van der Waals surface area contributed by atoms with Crippen molar-refractivity contribution in [2.24, 2.45) is 0 Å². The van der Waals surface area contributed by atoms with Gasteiger partial charge in [-0.2, -0.15) is 4.31 Å². The van der Waals surface area contributed by atoms with Crippen molar-refractivity contribution in [3.63, 3.8) is 0 Å². The molecule has 7 heteroatoms. The molecular weight excluding hydrogens is 412 g/mol. The second-order valence-corrected chi connectivity index (χ2v) is 10.1. The van der Waals surface area contributed by atoms with Crippen molar-refractivity contribution in [1.82, 2.24) is 9.62 Å². The molecule has 0 aromatic heterocycles. The normalized spacial score (nSPS) is 16.1. The average molecular weight is 445 g/mol. The van der Waals surface area contributed by atoms with Gasteiger partial charge in [0.15, 0.2) is 0 Å². The van der Waals surface area contributed by atoms with Gasteiger partial charge < -0.3 is 10.1 Å². The van der Waals surface area contributed by atoms with E-state index in [-0.39, 0.29) is 29.4 Å². The first-order valence-corrected chi connectivity index (χ1v) is 12.3. The highest BCUT2D eigenvalue weighted by molar-refractivity contribution is 7.89. The maximum Gasteiger partial charge on any atom is 0.247 e. The number of rotatable bonds is 8. The molecule has 0 bridgehead atoms. The van der Waals surface area contributed by atoms with E-state index in [4.69, 9.17) is 4.74 Å². The number of nitrogens with zero attached hydrogens (tertiary/aromatic N) is 1. The first-order chi connectivity index (χ1) is 14.8. The average Bonchev–Trinajstić information content (AvgIpc) is 2.78. The molecule has 0 saturated heterocycles. The number of sulfonamides is 1. The largest absolute Gasteiger partial charge is 0.495 e. The Morgan fingerprint density at radius 3 is 2.45 bits per heavy atom. The fourth-order valence-electron chi connectivity index (χ4n) is 4.14. The zero-order valence-corrected chi connectivity index (χ0v) is 19.3. The van der Waals surface area contributed by atoms with Gasteiger partial charge in [-0.05, 0) is 49.9 Å². The van der Waals surface area contributed by atoms with Crippen molar-refractivity contribution >= 4 is 15.9 Å². The summed E-state index contributed by atoms with van der Waals surface area (Å²) in [5, 5.41) is 2.95. The number of hydrogen-bond acceptors (Lipinski definition) is 4. The number of amides is 1. The fraction of sp³-hybridized carbons (Fsp3) is 0.458. The summed E-state index contributed by atoms with van der Waals surface area (Å²) in [5.74, 6) is -0.0124. The highest BCUT2D eigenvalue weighted by atomic mass is 32.2. The monoisotopic (exact) mass is 444 g/mol. The van der Waals surface area contributed by atoms with Crippen LogP contribution in [0.3, 0.4) is 0 Å². The van der Waals surface area contributed by atoms with Gasteiger partial charge in [-0.3, -0.25) is 4.79 Å². The van der Waals surface area contributed by atoms with Gasteiger partial charge >= 0.3 is 0 Å². The van der Waals surface area contributed by atoms with E-state index in [2.05, 4.69) is 5.32 Å². The fourth-order valence-corrected chi connectivity index (χ4v) is 6.03. The van der Waals surface area contributed by atoms with Gasteiger partial charge in [-0.15, -0.1) is 0 Å². The summed E-state index contributed by atoms with van der Waals surface area (Å²) in [5.41, 5.74) is 1.80. The van der Waals surface area contributed by atoms with Gasteiger partial charge in [0, 0.05) is 6.04 Å². The summed E-state index contributed by atoms with van der Waals surface area (Å²) in [6.07, 6.45) is 4.53. The summed E-state index contributed by atoms with van der Waals surface area (Å²) >= 11 is 0. The molecule has 0 radical (unpaired) electrons. The number of hydrogen-bond donors (Lipinski definition) is 1. The van der Waals surface area contributed by atoms with Crippen molar-refractivity contribution < 1.29 is 17.9 Å². The molecule has 1 aliphatic carbocycles. The number of carbonyl (C=O) groups excluding carboxylic acids is 1. The van der Waals surface area contributed by atoms with Gasteiger partial charge in [-0.1, -0.05) is 55.7 Å². The van der Waals surface area contributed by atoms with Crippen molar-refractivity contribution in [2.45, 2.75) is 62.9 Å². The van der Waals surface area contributed by atoms with Gasteiger partial charge in [-0.25, -0.2) is 8.42 Å². The summed E-state index contributed by atoms with van der Waals surface area (Å²) in [7, 11) is -2.45. The third-order valence-electron chi connectivity index (χ3n) is 5.86. The van der Waals surface area contributed by atoms with Crippen LogP contribution in [0.2, 0.25) is 0 Å². The summed E-state index contributed by atoms with van der Waals surface area (Å²) < 4.78 is 34.2. The number of aryl methyl sites for hydroxylation is 1. The molecule has 1 saturated carbocycles. The van der Waals surface area contributed by atoms with Gasteiger partial charge in [0.25, 0.3) is 0 Å². The number of nitrogens with one attached hydrogen (secondary N) is 1. The predicted octanol–water partition coefficient (Wildman–Crippen LogP) is 4.20. The van der Waals surface area contributed by atoms with Gasteiger partial charge in [0.05, 0.1) is 19.7 Å². The van der Waals surface area contributed by atoms with Crippen molar-refractivity contribution in [3.05, 3.63) is 59.7 Å². The standard InChI is InChI=1S/C24H32N2O4S/c1-18-14-15-22(30-3)23(16-18)31(28,29)26(21-12-8-5-9-13-21)17-24(27)25-19(2)20-10-6-4-7-11-20/h4,6-7,10-11,14-16,19,21H,5,8-9,12-13,17H2,1-3H3,(H,25,27)/t19-/m0/s1. The first kappa shape index (κ1) is 23.3. The Bertz CT molecular complexity index is 986. The third kappa shape index (κ3) is 5.66. The molecule has 1 N–H and O–H groups in total. The topological polar surface area (TPSA) is 75.7 Å². The second kappa shape index (κ2) is 10.3. The Labute approximate surface area is 185 Å². The van der Waals surface area contributed by atoms with E-state index < -0.39 is 10.0 Å². The molecule has 0 spiro atoms. The lowest BCUT2D eigenvalue weighted by Crippen LogP contribution is -2.47. The minimum absolute atomic E-state index is 0.115. The molecule has 1 amide bonds. The van der Waals surface area contributed by atoms with E-state index in [1.54, 1.807) is 12.1 Å². The molecule has 0 aliphatic heterocycles. The lowest BCUT2D eigenvalue weighted by molar-refractivity contribution is -0.122. The van der Waals surface area contributed by atoms with Crippen LogP contribution in [0.1, 0.15) is 56.2 Å². The zero-order valence-electron chi connectivity index (χ0n) is 18.5. The van der Waals surface area contributed by atoms with E-state index in [1.807, 2.05) is 50.2 Å². The van der Waals surface area contributed by atoms with Crippen LogP contribution in [-0.2, 0) is 14.8 Å². The van der Waals surface area contributed by atoms with Crippen molar-refractivity contribution in [1.29, 1.82) is 0 Å². The van der Waals surface area contributed by atoms with Gasteiger partial charge in [0.1, 0.15) is 10.6 Å². The molecule has 0 heterocycles. The van der Waals surface area contributed by atoms with Crippen LogP contribution in [0, 0.1) is 6.92 Å². The zero-order chi connectivity index (χ0) is 22.4. The van der Waals surface area contributed by atoms with Crippen LogP contribution in [0.4, 0.5) is 0 Å². The van der Waals surface area contributed by atoms with E-state index in [0.717, 1.165) is 43.2 Å². The van der Waals surface area contributed by atoms with E-state index >= 15 is 0 Å². The molecular formula is C24H32N2O4S. The molecule has 1 atom stereocenters. The Balaban J connectivity index is 1.88. The summed E-state index contributed by atoms with van der Waals surface area (Å²) in [6.45, 7) is 3.54. The SMILES string of the molecule is COc1ccc(C)cc1S(=O)(=O)N(CC(=O)N[C@@H](C)c1ccccc1)C1CCCCC1. The van der Waals surface area contributed by atoms with Gasteiger partial charge in [0.2, 0.25) is 15.9 Å². The Morgan fingerprint density at radius 2 is 1.81 bits per heavy atom. The Kier molecular flexibility index (Phi) is 7.73. The minimum Gasteiger partial charge on any atom is -0.495 e. The maximum absolute atomic E-state index is 13.7. The van der Waals surface area contributed by atoms with Crippen LogP contribution in [-0.4, -0.2) is 38.3 Å².